The van der Waals surface area contributed by atoms with Gasteiger partial charge in [-0.2, -0.15) is 0 Å². The Labute approximate surface area is 230 Å². The van der Waals surface area contributed by atoms with Gasteiger partial charge in [-0.1, -0.05) is 6.92 Å². The number of nitrogens with zero attached hydrogens (tertiary/aromatic N) is 6. The van der Waals surface area contributed by atoms with Gasteiger partial charge in [-0.05, 0) is 43.4 Å². The first kappa shape index (κ1) is 24.7. The molecule has 204 valence electrons. The summed E-state index contributed by atoms with van der Waals surface area (Å²) < 4.78 is 28.9. The van der Waals surface area contributed by atoms with Crippen LogP contribution in [0.2, 0.25) is 0 Å². The lowest BCUT2D eigenvalue weighted by molar-refractivity contribution is 0.113. The Morgan fingerprint density at radius 2 is 2.00 bits per heavy atom. The van der Waals surface area contributed by atoms with Crippen LogP contribution in [0.5, 0.6) is 5.75 Å². The van der Waals surface area contributed by atoms with Gasteiger partial charge in [-0.25, -0.2) is 19.3 Å². The molecule has 0 radical (unpaired) electrons. The summed E-state index contributed by atoms with van der Waals surface area (Å²) in [5.74, 6) is 1.43. The Bertz CT molecular complexity index is 1730. The van der Waals surface area contributed by atoms with Gasteiger partial charge in [0.1, 0.15) is 41.8 Å². The van der Waals surface area contributed by atoms with Crippen molar-refractivity contribution in [3.63, 3.8) is 0 Å². The van der Waals surface area contributed by atoms with Crippen LogP contribution >= 0.6 is 0 Å². The van der Waals surface area contributed by atoms with Gasteiger partial charge in [0.15, 0.2) is 0 Å². The van der Waals surface area contributed by atoms with E-state index in [4.69, 9.17) is 20.2 Å². The summed E-state index contributed by atoms with van der Waals surface area (Å²) in [7, 11) is 0. The molecule has 2 saturated heterocycles. The second-order valence-corrected chi connectivity index (χ2v) is 10.4. The second kappa shape index (κ2) is 10.0. The fourth-order valence-corrected chi connectivity index (χ4v) is 5.69. The molecule has 2 fully saturated rings. The van der Waals surface area contributed by atoms with Gasteiger partial charge in [0.25, 0.3) is 0 Å². The topological polar surface area (TPSA) is 104 Å². The monoisotopic (exact) mass is 539 g/mol. The standard InChI is InChI=1S/C30H30FN7O2/c1-2-19-10-26(37-6-4-7-37)36-23-11-20(31)12-25(27(19)23)40-16-18-9-21(14-33-13-18)38-15-22(24-5-3-8-39-24)28-29(32)34-17-35-30(28)38/h9-15,17,24H,2-8,16H2,1H3,(H2,32,34,35). The lowest BCUT2D eigenvalue weighted by atomic mass is 10.0. The Morgan fingerprint density at radius 3 is 2.77 bits per heavy atom. The first-order valence-corrected chi connectivity index (χ1v) is 13.8. The normalized spacial score (nSPS) is 17.1. The predicted octanol–water partition coefficient (Wildman–Crippen LogP) is 5.29. The molecule has 2 aliphatic rings. The smallest absolute Gasteiger partial charge is 0.150 e. The summed E-state index contributed by atoms with van der Waals surface area (Å²) in [5.41, 5.74) is 11.3. The maximum atomic E-state index is 14.7. The quantitative estimate of drug-likeness (QED) is 0.298. The van der Waals surface area contributed by atoms with Crippen molar-refractivity contribution in [2.24, 2.45) is 0 Å². The number of nitrogen functional groups attached to an aromatic ring is 1. The minimum Gasteiger partial charge on any atom is -0.488 e. The van der Waals surface area contributed by atoms with Crippen molar-refractivity contribution in [2.45, 2.75) is 45.3 Å². The van der Waals surface area contributed by atoms with E-state index in [1.54, 1.807) is 12.4 Å². The fourth-order valence-electron chi connectivity index (χ4n) is 5.69. The zero-order valence-corrected chi connectivity index (χ0v) is 22.3. The lowest BCUT2D eigenvalue weighted by Gasteiger charge is -2.32. The van der Waals surface area contributed by atoms with Crippen LogP contribution in [0.4, 0.5) is 16.0 Å². The number of benzene rings is 1. The SMILES string of the molecule is CCc1cc(N2CCC2)nc2cc(F)cc(OCc3cncc(-n4cc(C5CCCO5)c5c(N)ncnc54)c3)c12. The zero-order valence-electron chi connectivity index (χ0n) is 22.3. The fraction of sp³-hybridized carbons (Fsp3) is 0.333. The molecule has 2 N–H and O–H groups in total. The Morgan fingerprint density at radius 1 is 1.10 bits per heavy atom. The molecule has 0 spiro atoms. The van der Waals surface area contributed by atoms with Crippen molar-refractivity contribution in [3.8, 4) is 11.4 Å². The molecule has 9 nitrogen and oxygen atoms in total. The predicted molar refractivity (Wildman–Crippen MR) is 151 cm³/mol. The highest BCUT2D eigenvalue weighted by Crippen LogP contribution is 2.37. The van der Waals surface area contributed by atoms with Crippen LogP contribution in [0, 0.1) is 5.82 Å². The maximum absolute atomic E-state index is 14.7. The van der Waals surface area contributed by atoms with Crippen LogP contribution in [0.25, 0.3) is 27.6 Å². The molecule has 5 aromatic rings. The zero-order chi connectivity index (χ0) is 27.2. The van der Waals surface area contributed by atoms with Crippen molar-refractivity contribution in [1.29, 1.82) is 0 Å². The van der Waals surface area contributed by atoms with E-state index < -0.39 is 0 Å². The number of ether oxygens (including phenoxy) is 2. The van der Waals surface area contributed by atoms with Gasteiger partial charge in [0, 0.05) is 60.7 Å². The van der Waals surface area contributed by atoms with Gasteiger partial charge in [-0.3, -0.25) is 9.55 Å². The molecule has 2 aliphatic heterocycles. The Kier molecular flexibility index (Phi) is 6.19. The van der Waals surface area contributed by atoms with Gasteiger partial charge >= 0.3 is 0 Å². The van der Waals surface area contributed by atoms with E-state index in [1.807, 2.05) is 16.8 Å². The number of aromatic nitrogens is 5. The average molecular weight is 540 g/mol. The number of nitrogens with two attached hydrogens (primary N) is 1. The number of fused-ring (bicyclic) bond motifs is 2. The molecule has 0 aliphatic carbocycles. The van der Waals surface area contributed by atoms with Crippen LogP contribution in [0.15, 0.2) is 49.2 Å². The molecule has 7 rings (SSSR count). The molecule has 4 aromatic heterocycles. The molecule has 10 heteroatoms. The summed E-state index contributed by atoms with van der Waals surface area (Å²) in [6.07, 6.45) is 10.8. The van der Waals surface area contributed by atoms with Crippen molar-refractivity contribution in [1.82, 2.24) is 24.5 Å². The molecular formula is C30H30FN7O2. The third kappa shape index (κ3) is 4.28. The number of halogens is 1. The van der Waals surface area contributed by atoms with E-state index >= 15 is 0 Å². The number of hydrogen-bond donors (Lipinski definition) is 1. The van der Waals surface area contributed by atoms with E-state index in [0.29, 0.717) is 22.7 Å². The highest BCUT2D eigenvalue weighted by atomic mass is 19.1. The number of rotatable bonds is 7. The first-order chi connectivity index (χ1) is 19.6. The Balaban J connectivity index is 1.22. The van der Waals surface area contributed by atoms with Crippen LogP contribution in [0.3, 0.4) is 0 Å². The van der Waals surface area contributed by atoms with Crippen molar-refractivity contribution >= 4 is 33.6 Å². The lowest BCUT2D eigenvalue weighted by Crippen LogP contribution is -2.37. The summed E-state index contributed by atoms with van der Waals surface area (Å²) >= 11 is 0. The van der Waals surface area contributed by atoms with Gasteiger partial charge < -0.3 is 20.1 Å². The second-order valence-electron chi connectivity index (χ2n) is 10.4. The van der Waals surface area contributed by atoms with Crippen molar-refractivity contribution in [3.05, 3.63) is 71.7 Å². The number of pyridine rings is 2. The highest BCUT2D eigenvalue weighted by molar-refractivity contribution is 5.91. The van der Waals surface area contributed by atoms with Crippen LogP contribution < -0.4 is 15.4 Å². The van der Waals surface area contributed by atoms with E-state index in [-0.39, 0.29) is 18.5 Å². The summed E-state index contributed by atoms with van der Waals surface area (Å²) in [5, 5.41) is 1.65. The molecule has 0 bridgehead atoms. The highest BCUT2D eigenvalue weighted by Gasteiger charge is 2.25. The third-order valence-electron chi connectivity index (χ3n) is 7.84. The van der Waals surface area contributed by atoms with Gasteiger partial charge in [0.2, 0.25) is 0 Å². The van der Waals surface area contributed by atoms with E-state index in [9.17, 15) is 4.39 Å². The molecular weight excluding hydrogens is 509 g/mol. The molecule has 0 saturated carbocycles. The van der Waals surface area contributed by atoms with E-state index in [1.165, 1.54) is 18.5 Å². The van der Waals surface area contributed by atoms with Gasteiger partial charge in [0.05, 0.1) is 28.9 Å². The largest absolute Gasteiger partial charge is 0.488 e. The molecule has 0 amide bonds. The third-order valence-corrected chi connectivity index (χ3v) is 7.84. The van der Waals surface area contributed by atoms with E-state index in [0.717, 1.165) is 84.3 Å². The molecule has 1 aromatic carbocycles. The minimum absolute atomic E-state index is 0.0410. The molecule has 1 atom stereocenters. The molecule has 1 unspecified atom stereocenters. The van der Waals surface area contributed by atoms with Crippen molar-refractivity contribution in [2.75, 3.05) is 30.3 Å². The summed E-state index contributed by atoms with van der Waals surface area (Å²) in [6.45, 7) is 4.99. The summed E-state index contributed by atoms with van der Waals surface area (Å²) in [6, 6.07) is 7.03. The molecule has 40 heavy (non-hydrogen) atoms. The van der Waals surface area contributed by atoms with Crippen LogP contribution in [-0.2, 0) is 17.8 Å². The number of aryl methyl sites for hydroxylation is 1. The van der Waals surface area contributed by atoms with Crippen LogP contribution in [-0.4, -0.2) is 44.2 Å². The first-order valence-electron chi connectivity index (χ1n) is 13.8. The van der Waals surface area contributed by atoms with Crippen molar-refractivity contribution < 1.29 is 13.9 Å². The van der Waals surface area contributed by atoms with Gasteiger partial charge in [-0.15, -0.1) is 0 Å². The average Bonchev–Trinajstić information content (AvgIpc) is 3.59. The number of anilines is 2. The van der Waals surface area contributed by atoms with Crippen LogP contribution in [0.1, 0.15) is 49.0 Å². The molecule has 6 heterocycles. The minimum atomic E-state index is -0.373. The maximum Gasteiger partial charge on any atom is 0.150 e. The van der Waals surface area contributed by atoms with E-state index in [2.05, 4.69) is 32.8 Å². The number of hydrogen-bond acceptors (Lipinski definition) is 8. The summed E-state index contributed by atoms with van der Waals surface area (Å²) in [4.78, 5) is 20.2. The Hall–Kier alpha value is -4.31.